The quantitative estimate of drug-likeness (QED) is 0.770. The van der Waals surface area contributed by atoms with Crippen LogP contribution in [0, 0.1) is 17.2 Å². The van der Waals surface area contributed by atoms with Gasteiger partial charge in [0.05, 0.1) is 12.0 Å². The first kappa shape index (κ1) is 18.0. The molecule has 0 fully saturated rings. The number of carbonyl (C=O) groups is 1. The van der Waals surface area contributed by atoms with Crippen molar-refractivity contribution in [2.75, 3.05) is 13.2 Å². The van der Waals surface area contributed by atoms with Gasteiger partial charge in [0.25, 0.3) is 0 Å². The Kier molecular flexibility index (Phi) is 6.87. The molecule has 2 N–H and O–H groups in total. The van der Waals surface area contributed by atoms with Crippen LogP contribution in [0.15, 0.2) is 24.3 Å². The van der Waals surface area contributed by atoms with E-state index in [2.05, 4.69) is 5.32 Å². The highest BCUT2D eigenvalue weighted by atomic mass is 16.5. The Morgan fingerprint density at radius 1 is 1.45 bits per heavy atom. The van der Waals surface area contributed by atoms with Crippen LogP contribution in [0.4, 0.5) is 0 Å². The first-order valence-corrected chi connectivity index (χ1v) is 7.46. The van der Waals surface area contributed by atoms with Crippen molar-refractivity contribution in [3.63, 3.8) is 0 Å². The van der Waals surface area contributed by atoms with E-state index in [1.807, 2.05) is 19.9 Å². The Balaban J connectivity index is 2.47. The highest BCUT2D eigenvalue weighted by Crippen LogP contribution is 2.19. The zero-order valence-corrected chi connectivity index (χ0v) is 13.4. The molecule has 0 spiro atoms. The molecule has 0 heterocycles. The molecule has 0 saturated carbocycles. The predicted octanol–water partition coefficient (Wildman–Crippen LogP) is 2.04. The fraction of sp³-hybridized carbons (Fsp3) is 0.529. The summed E-state index contributed by atoms with van der Waals surface area (Å²) in [7, 11) is 0. The van der Waals surface area contributed by atoms with Crippen LogP contribution >= 0.6 is 0 Å². The lowest BCUT2D eigenvalue weighted by Gasteiger charge is -2.29. The number of hydrogen-bond donors (Lipinski definition) is 2. The third kappa shape index (κ3) is 5.74. The van der Waals surface area contributed by atoms with Gasteiger partial charge in [0.15, 0.2) is 6.61 Å². The summed E-state index contributed by atoms with van der Waals surface area (Å²) in [4.78, 5) is 11.9. The van der Waals surface area contributed by atoms with Gasteiger partial charge in [0.2, 0.25) is 5.91 Å². The second-order valence-electron chi connectivity index (χ2n) is 5.71. The van der Waals surface area contributed by atoms with Crippen molar-refractivity contribution in [3.8, 4) is 11.8 Å². The van der Waals surface area contributed by atoms with Crippen molar-refractivity contribution in [2.45, 2.75) is 39.2 Å². The molecule has 1 amide bonds. The standard InChI is InChI=1S/C17H24N2O3/c1-4-13(2)17(3,21)12-19-16(20)11-14-5-7-15(8-6-14)22-10-9-18/h5-8,13,21H,4,10-12H2,1-3H3,(H,19,20). The van der Waals surface area contributed by atoms with Crippen molar-refractivity contribution >= 4 is 5.91 Å². The third-order valence-electron chi connectivity index (χ3n) is 3.91. The maximum absolute atomic E-state index is 11.9. The number of benzene rings is 1. The van der Waals surface area contributed by atoms with E-state index in [4.69, 9.17) is 10.00 Å². The van der Waals surface area contributed by atoms with Crippen molar-refractivity contribution in [2.24, 2.45) is 5.92 Å². The van der Waals surface area contributed by atoms with Crippen LogP contribution in [0.2, 0.25) is 0 Å². The number of carbonyl (C=O) groups excluding carboxylic acids is 1. The predicted molar refractivity (Wildman–Crippen MR) is 84.3 cm³/mol. The molecule has 2 atom stereocenters. The molecule has 0 aromatic heterocycles. The van der Waals surface area contributed by atoms with Gasteiger partial charge in [-0.05, 0) is 30.5 Å². The van der Waals surface area contributed by atoms with E-state index in [0.29, 0.717) is 5.75 Å². The van der Waals surface area contributed by atoms with Gasteiger partial charge in [-0.1, -0.05) is 32.4 Å². The first-order chi connectivity index (χ1) is 10.4. The molecular formula is C17H24N2O3. The molecule has 0 aliphatic heterocycles. The second-order valence-corrected chi connectivity index (χ2v) is 5.71. The van der Waals surface area contributed by atoms with Crippen LogP contribution in [0.5, 0.6) is 5.75 Å². The van der Waals surface area contributed by atoms with E-state index in [1.165, 1.54) is 0 Å². The number of rotatable bonds is 8. The maximum atomic E-state index is 11.9. The van der Waals surface area contributed by atoms with E-state index < -0.39 is 5.60 Å². The lowest BCUT2D eigenvalue weighted by molar-refractivity contribution is -0.122. The minimum absolute atomic E-state index is 0.00449. The van der Waals surface area contributed by atoms with E-state index in [0.717, 1.165) is 12.0 Å². The third-order valence-corrected chi connectivity index (χ3v) is 3.91. The normalized spacial score (nSPS) is 14.5. The highest BCUT2D eigenvalue weighted by molar-refractivity contribution is 5.78. The molecule has 2 unspecified atom stereocenters. The van der Waals surface area contributed by atoms with Gasteiger partial charge >= 0.3 is 0 Å². The smallest absolute Gasteiger partial charge is 0.224 e. The average Bonchev–Trinajstić information content (AvgIpc) is 2.51. The molecule has 0 aliphatic rings. The zero-order valence-electron chi connectivity index (χ0n) is 13.4. The van der Waals surface area contributed by atoms with Crippen LogP contribution < -0.4 is 10.1 Å². The molecular weight excluding hydrogens is 280 g/mol. The summed E-state index contributed by atoms with van der Waals surface area (Å²) in [5.41, 5.74) is -0.0515. The largest absolute Gasteiger partial charge is 0.479 e. The molecule has 5 heteroatoms. The highest BCUT2D eigenvalue weighted by Gasteiger charge is 2.27. The number of aliphatic hydroxyl groups is 1. The Labute approximate surface area is 131 Å². The molecule has 22 heavy (non-hydrogen) atoms. The van der Waals surface area contributed by atoms with Gasteiger partial charge in [-0.2, -0.15) is 5.26 Å². The van der Waals surface area contributed by atoms with E-state index in [9.17, 15) is 9.90 Å². The van der Waals surface area contributed by atoms with Crippen LogP contribution in [-0.4, -0.2) is 29.8 Å². The van der Waals surface area contributed by atoms with Gasteiger partial charge < -0.3 is 15.2 Å². The number of nitrogens with one attached hydrogen (secondary N) is 1. The van der Waals surface area contributed by atoms with Crippen LogP contribution in [0.3, 0.4) is 0 Å². The SMILES string of the molecule is CCC(C)C(C)(O)CNC(=O)Cc1ccc(OCC#N)cc1. The van der Waals surface area contributed by atoms with Gasteiger partial charge in [-0.15, -0.1) is 0 Å². The molecule has 0 bridgehead atoms. The Bertz CT molecular complexity index is 518. The number of amides is 1. The first-order valence-electron chi connectivity index (χ1n) is 7.46. The molecule has 0 aliphatic carbocycles. The molecule has 1 aromatic carbocycles. The molecule has 1 rings (SSSR count). The van der Waals surface area contributed by atoms with Crippen LogP contribution in [0.25, 0.3) is 0 Å². The van der Waals surface area contributed by atoms with Crippen molar-refractivity contribution in [3.05, 3.63) is 29.8 Å². The van der Waals surface area contributed by atoms with Crippen LogP contribution in [-0.2, 0) is 11.2 Å². The fourth-order valence-corrected chi connectivity index (χ4v) is 1.96. The summed E-state index contributed by atoms with van der Waals surface area (Å²) in [6.07, 6.45) is 1.10. The summed E-state index contributed by atoms with van der Waals surface area (Å²) in [6.45, 7) is 5.96. The Morgan fingerprint density at radius 3 is 2.64 bits per heavy atom. The van der Waals surface area contributed by atoms with Gasteiger partial charge in [0, 0.05) is 6.54 Å². The summed E-state index contributed by atoms with van der Waals surface area (Å²) in [6, 6.07) is 8.94. The molecule has 0 radical (unpaired) electrons. The van der Waals surface area contributed by atoms with Crippen molar-refractivity contribution in [1.29, 1.82) is 5.26 Å². The summed E-state index contributed by atoms with van der Waals surface area (Å²) < 4.78 is 5.15. The van der Waals surface area contributed by atoms with Gasteiger partial charge in [-0.25, -0.2) is 0 Å². The van der Waals surface area contributed by atoms with Crippen LogP contribution in [0.1, 0.15) is 32.8 Å². The topological polar surface area (TPSA) is 82.3 Å². The summed E-state index contributed by atoms with van der Waals surface area (Å²) in [5.74, 6) is 0.587. The zero-order chi connectivity index (χ0) is 16.6. The number of nitriles is 1. The molecule has 5 nitrogen and oxygen atoms in total. The average molecular weight is 304 g/mol. The number of nitrogens with zero attached hydrogens (tertiary/aromatic N) is 1. The summed E-state index contributed by atoms with van der Waals surface area (Å²) >= 11 is 0. The van der Waals surface area contributed by atoms with Gasteiger partial charge in [-0.3, -0.25) is 4.79 Å². The van der Waals surface area contributed by atoms with E-state index >= 15 is 0 Å². The van der Waals surface area contributed by atoms with Crippen molar-refractivity contribution < 1.29 is 14.6 Å². The Hall–Kier alpha value is -2.06. The maximum Gasteiger partial charge on any atom is 0.224 e. The lowest BCUT2D eigenvalue weighted by Crippen LogP contribution is -2.45. The second kappa shape index (κ2) is 8.40. The Morgan fingerprint density at radius 2 is 2.09 bits per heavy atom. The molecule has 1 aromatic rings. The minimum atomic E-state index is -0.903. The molecule has 120 valence electrons. The lowest BCUT2D eigenvalue weighted by atomic mass is 9.88. The van der Waals surface area contributed by atoms with Gasteiger partial charge in [0.1, 0.15) is 11.8 Å². The number of ether oxygens (including phenoxy) is 1. The number of hydrogen-bond acceptors (Lipinski definition) is 4. The monoisotopic (exact) mass is 304 g/mol. The van der Waals surface area contributed by atoms with E-state index in [-0.39, 0.29) is 31.4 Å². The summed E-state index contributed by atoms with van der Waals surface area (Å²) in [5, 5.41) is 21.5. The molecule has 0 saturated heterocycles. The van der Waals surface area contributed by atoms with Crippen molar-refractivity contribution in [1.82, 2.24) is 5.32 Å². The van der Waals surface area contributed by atoms with E-state index in [1.54, 1.807) is 31.2 Å². The fourth-order valence-electron chi connectivity index (χ4n) is 1.96. The minimum Gasteiger partial charge on any atom is -0.479 e.